The highest BCUT2D eigenvalue weighted by Gasteiger charge is 2.29. The molecule has 1 aliphatic carbocycles. The lowest BCUT2D eigenvalue weighted by atomic mass is 10.0. The second-order valence-electron chi connectivity index (χ2n) is 5.45. The zero-order chi connectivity index (χ0) is 13.8. The molecule has 1 fully saturated rings. The molecule has 2 rings (SSSR count). The van der Waals surface area contributed by atoms with Crippen LogP contribution >= 0.6 is 0 Å². The van der Waals surface area contributed by atoms with E-state index in [1.165, 1.54) is 18.4 Å². The van der Waals surface area contributed by atoms with Gasteiger partial charge in [-0.05, 0) is 32.3 Å². The predicted molar refractivity (Wildman–Crippen MR) is 77.8 cm³/mol. The van der Waals surface area contributed by atoms with Gasteiger partial charge in [0.2, 0.25) is 5.91 Å². The molecule has 3 nitrogen and oxygen atoms in total. The fourth-order valence-corrected chi connectivity index (χ4v) is 2.90. The highest BCUT2D eigenvalue weighted by Crippen LogP contribution is 2.25. The first-order valence-electron chi connectivity index (χ1n) is 7.26. The molecule has 3 heteroatoms. The lowest BCUT2D eigenvalue weighted by Crippen LogP contribution is -2.43. The van der Waals surface area contributed by atoms with Crippen LogP contribution in [0.25, 0.3) is 0 Å². The van der Waals surface area contributed by atoms with Crippen LogP contribution in [0.3, 0.4) is 0 Å². The van der Waals surface area contributed by atoms with Crippen LogP contribution in [0.5, 0.6) is 0 Å². The average Bonchev–Trinajstić information content (AvgIpc) is 2.93. The van der Waals surface area contributed by atoms with Gasteiger partial charge in [0.15, 0.2) is 0 Å². The van der Waals surface area contributed by atoms with E-state index < -0.39 is 6.04 Å². The number of nitrogens with two attached hydrogens (primary N) is 1. The third kappa shape index (κ3) is 3.16. The summed E-state index contributed by atoms with van der Waals surface area (Å²) in [6, 6.07) is 7.80. The first kappa shape index (κ1) is 14.1. The van der Waals surface area contributed by atoms with Gasteiger partial charge in [-0.3, -0.25) is 4.79 Å². The van der Waals surface area contributed by atoms with Gasteiger partial charge in [-0.25, -0.2) is 0 Å². The van der Waals surface area contributed by atoms with E-state index in [4.69, 9.17) is 5.73 Å². The predicted octanol–water partition coefficient (Wildman–Crippen LogP) is 2.79. The van der Waals surface area contributed by atoms with Crippen LogP contribution in [-0.2, 0) is 4.79 Å². The number of nitrogens with zero attached hydrogens (tertiary/aromatic N) is 1. The Morgan fingerprint density at radius 2 is 1.89 bits per heavy atom. The second-order valence-corrected chi connectivity index (χ2v) is 5.45. The van der Waals surface area contributed by atoms with Gasteiger partial charge in [-0.2, -0.15) is 0 Å². The van der Waals surface area contributed by atoms with E-state index in [0.717, 1.165) is 24.9 Å². The maximum Gasteiger partial charge on any atom is 0.244 e. The van der Waals surface area contributed by atoms with Crippen LogP contribution in [0, 0.1) is 6.92 Å². The molecule has 19 heavy (non-hydrogen) atoms. The Labute approximate surface area is 115 Å². The summed E-state index contributed by atoms with van der Waals surface area (Å²) in [4.78, 5) is 14.5. The van der Waals surface area contributed by atoms with Gasteiger partial charge < -0.3 is 10.6 Å². The highest BCUT2D eigenvalue weighted by atomic mass is 16.2. The van der Waals surface area contributed by atoms with E-state index in [1.54, 1.807) is 0 Å². The number of rotatable bonds is 4. The molecule has 0 heterocycles. The maximum atomic E-state index is 12.5. The molecule has 104 valence electrons. The van der Waals surface area contributed by atoms with E-state index in [0.29, 0.717) is 6.04 Å². The fraction of sp³-hybridized carbons (Fsp3) is 0.562. The first-order chi connectivity index (χ1) is 9.13. The Hall–Kier alpha value is -1.35. The molecule has 0 aromatic heterocycles. The summed E-state index contributed by atoms with van der Waals surface area (Å²) in [5, 5.41) is 0. The quantitative estimate of drug-likeness (QED) is 0.905. The summed E-state index contributed by atoms with van der Waals surface area (Å²) < 4.78 is 0. The minimum Gasteiger partial charge on any atom is -0.338 e. The zero-order valence-electron chi connectivity index (χ0n) is 11.9. The van der Waals surface area contributed by atoms with Crippen LogP contribution in [-0.4, -0.2) is 23.4 Å². The molecule has 0 aliphatic heterocycles. The van der Waals surface area contributed by atoms with Gasteiger partial charge >= 0.3 is 0 Å². The Bertz CT molecular complexity index is 421. The van der Waals surface area contributed by atoms with Crippen molar-refractivity contribution in [3.05, 3.63) is 35.4 Å². The van der Waals surface area contributed by atoms with E-state index in [2.05, 4.69) is 0 Å². The number of benzene rings is 1. The van der Waals surface area contributed by atoms with Crippen molar-refractivity contribution in [1.29, 1.82) is 0 Å². The van der Waals surface area contributed by atoms with Crippen LogP contribution in [0.4, 0.5) is 0 Å². The molecule has 0 bridgehead atoms. The number of aryl methyl sites for hydroxylation is 1. The molecule has 1 aliphatic rings. The number of likely N-dealkylation sites (N-methyl/N-ethyl adjacent to an activating group) is 1. The monoisotopic (exact) mass is 260 g/mol. The van der Waals surface area contributed by atoms with Crippen molar-refractivity contribution >= 4 is 5.91 Å². The van der Waals surface area contributed by atoms with E-state index in [1.807, 2.05) is 43.0 Å². The maximum absolute atomic E-state index is 12.5. The fourth-order valence-electron chi connectivity index (χ4n) is 2.90. The summed E-state index contributed by atoms with van der Waals surface area (Å²) in [7, 11) is 0. The number of hydrogen-bond acceptors (Lipinski definition) is 2. The first-order valence-corrected chi connectivity index (χ1v) is 7.26. The normalized spacial score (nSPS) is 17.4. The Morgan fingerprint density at radius 3 is 2.42 bits per heavy atom. The molecular formula is C16H24N2O. The molecule has 0 spiro atoms. The van der Waals surface area contributed by atoms with Crippen LogP contribution in [0.15, 0.2) is 24.3 Å². The van der Waals surface area contributed by atoms with Crippen molar-refractivity contribution in [2.45, 2.75) is 51.6 Å². The number of carbonyl (C=O) groups excluding carboxylic acids is 1. The molecule has 0 radical (unpaired) electrons. The van der Waals surface area contributed by atoms with Gasteiger partial charge in [-0.15, -0.1) is 0 Å². The van der Waals surface area contributed by atoms with Crippen LogP contribution < -0.4 is 5.73 Å². The highest BCUT2D eigenvalue weighted by molar-refractivity contribution is 5.83. The molecule has 0 saturated heterocycles. The van der Waals surface area contributed by atoms with Crippen molar-refractivity contribution in [3.8, 4) is 0 Å². The molecule has 1 saturated carbocycles. The van der Waals surface area contributed by atoms with Crippen molar-refractivity contribution in [2.75, 3.05) is 6.54 Å². The van der Waals surface area contributed by atoms with Gasteiger partial charge in [0.1, 0.15) is 6.04 Å². The SMILES string of the molecule is CCN(C(=O)C(N)c1ccc(C)cc1)C1CCCC1. The van der Waals surface area contributed by atoms with Gasteiger partial charge in [0.05, 0.1) is 0 Å². The van der Waals surface area contributed by atoms with Crippen molar-refractivity contribution in [1.82, 2.24) is 4.90 Å². The van der Waals surface area contributed by atoms with Crippen molar-refractivity contribution < 1.29 is 4.79 Å². The van der Waals surface area contributed by atoms with Gasteiger partial charge in [-0.1, -0.05) is 42.7 Å². The minimum absolute atomic E-state index is 0.0678. The van der Waals surface area contributed by atoms with Crippen molar-refractivity contribution in [2.24, 2.45) is 5.73 Å². The number of hydrogen-bond donors (Lipinski definition) is 1. The average molecular weight is 260 g/mol. The third-order valence-corrected chi connectivity index (χ3v) is 4.09. The second kappa shape index (κ2) is 6.20. The topological polar surface area (TPSA) is 46.3 Å². The lowest BCUT2D eigenvalue weighted by Gasteiger charge is -2.30. The molecule has 1 aromatic carbocycles. The molecular weight excluding hydrogens is 236 g/mol. The molecule has 1 unspecified atom stereocenters. The van der Waals surface area contributed by atoms with E-state index >= 15 is 0 Å². The van der Waals surface area contributed by atoms with Crippen LogP contribution in [0.1, 0.15) is 49.8 Å². The lowest BCUT2D eigenvalue weighted by molar-refractivity contribution is -0.134. The largest absolute Gasteiger partial charge is 0.338 e. The summed E-state index contributed by atoms with van der Waals surface area (Å²) in [6.07, 6.45) is 4.71. The smallest absolute Gasteiger partial charge is 0.244 e. The molecule has 1 aromatic rings. The van der Waals surface area contributed by atoms with Crippen molar-refractivity contribution in [3.63, 3.8) is 0 Å². The third-order valence-electron chi connectivity index (χ3n) is 4.09. The number of carbonyl (C=O) groups is 1. The Kier molecular flexibility index (Phi) is 4.59. The van der Waals surface area contributed by atoms with E-state index in [9.17, 15) is 4.79 Å². The summed E-state index contributed by atoms with van der Waals surface area (Å²) in [5.41, 5.74) is 8.24. The summed E-state index contributed by atoms with van der Waals surface area (Å²) in [5.74, 6) is 0.0678. The summed E-state index contributed by atoms with van der Waals surface area (Å²) in [6.45, 7) is 4.83. The van der Waals surface area contributed by atoms with Gasteiger partial charge in [0, 0.05) is 12.6 Å². The minimum atomic E-state index is -0.527. The molecule has 1 atom stereocenters. The Balaban J connectivity index is 2.10. The molecule has 2 N–H and O–H groups in total. The Morgan fingerprint density at radius 1 is 1.32 bits per heavy atom. The van der Waals surface area contributed by atoms with Gasteiger partial charge in [0.25, 0.3) is 0 Å². The molecule has 1 amide bonds. The summed E-state index contributed by atoms with van der Waals surface area (Å²) >= 11 is 0. The number of amides is 1. The zero-order valence-corrected chi connectivity index (χ0v) is 11.9. The van der Waals surface area contributed by atoms with Crippen LogP contribution in [0.2, 0.25) is 0 Å². The van der Waals surface area contributed by atoms with E-state index in [-0.39, 0.29) is 5.91 Å². The standard InChI is InChI=1S/C16H24N2O/c1-3-18(14-6-4-5-7-14)16(19)15(17)13-10-8-12(2)9-11-13/h8-11,14-15H,3-7,17H2,1-2H3.